The molecule has 56 valence electrons. The van der Waals surface area contributed by atoms with Gasteiger partial charge in [0.15, 0.2) is 9.84 Å². The second-order valence-electron chi connectivity index (χ2n) is 2.03. The minimum Gasteiger partial charge on any atom is -0.229 e. The van der Waals surface area contributed by atoms with Gasteiger partial charge in [-0.15, -0.1) is 0 Å². The van der Waals surface area contributed by atoms with E-state index in [0.717, 1.165) is 6.26 Å². The Balaban J connectivity index is 2.75. The molecule has 0 aliphatic rings. The minimum atomic E-state index is -2.97. The van der Waals surface area contributed by atoms with E-state index in [1.54, 1.807) is 0 Å². The molecule has 0 spiro atoms. The van der Waals surface area contributed by atoms with E-state index in [1.165, 1.54) is 6.20 Å². The fraction of sp³-hybridized carbons (Fsp3) is 0.500. The van der Waals surface area contributed by atoms with Crippen LogP contribution in [0, 0.1) is 0 Å². The van der Waals surface area contributed by atoms with Crippen LogP contribution in [0.2, 0.25) is 0 Å². The molecule has 6 heteroatoms. The average molecular weight is 161 g/mol. The third kappa shape index (κ3) is 2.14. The zero-order valence-corrected chi connectivity index (χ0v) is 6.22. The van der Waals surface area contributed by atoms with Crippen LogP contribution in [0.1, 0.15) is 5.69 Å². The van der Waals surface area contributed by atoms with Crippen LogP contribution in [0.15, 0.2) is 6.20 Å². The van der Waals surface area contributed by atoms with E-state index >= 15 is 0 Å². The summed E-state index contributed by atoms with van der Waals surface area (Å²) in [6, 6.07) is 0. The Hall–Kier alpha value is -0.910. The molecule has 0 unspecified atom stereocenters. The van der Waals surface area contributed by atoms with E-state index in [9.17, 15) is 8.42 Å². The lowest BCUT2D eigenvalue weighted by Gasteiger charge is -1.88. The van der Waals surface area contributed by atoms with Crippen molar-refractivity contribution in [2.75, 3.05) is 6.26 Å². The van der Waals surface area contributed by atoms with E-state index in [-0.39, 0.29) is 5.75 Å². The molecule has 0 aliphatic carbocycles. The Kier molecular flexibility index (Phi) is 1.71. The molecule has 0 aromatic carbocycles. The van der Waals surface area contributed by atoms with Gasteiger partial charge < -0.3 is 0 Å². The highest BCUT2D eigenvalue weighted by Gasteiger charge is 2.05. The lowest BCUT2D eigenvalue weighted by Crippen LogP contribution is -2.00. The molecule has 1 aromatic heterocycles. The number of aromatic nitrogens is 3. The minimum absolute atomic E-state index is 0.0521. The molecule has 0 aliphatic heterocycles. The van der Waals surface area contributed by atoms with E-state index in [2.05, 4.69) is 15.4 Å². The number of H-pyrrole nitrogens is 1. The number of sulfone groups is 1. The summed E-state index contributed by atoms with van der Waals surface area (Å²) in [5.41, 5.74) is 0.447. The zero-order valence-electron chi connectivity index (χ0n) is 5.40. The summed E-state index contributed by atoms with van der Waals surface area (Å²) in [6.45, 7) is 0. The maximum Gasteiger partial charge on any atom is 0.153 e. The Labute approximate surface area is 58.4 Å². The van der Waals surface area contributed by atoms with Gasteiger partial charge in [0.2, 0.25) is 0 Å². The first-order chi connectivity index (χ1) is 4.58. The van der Waals surface area contributed by atoms with Crippen molar-refractivity contribution < 1.29 is 8.42 Å². The van der Waals surface area contributed by atoms with Gasteiger partial charge in [0, 0.05) is 6.26 Å². The summed E-state index contributed by atoms with van der Waals surface area (Å²) in [4.78, 5) is 0. The van der Waals surface area contributed by atoms with E-state index < -0.39 is 9.84 Å². The first kappa shape index (κ1) is 7.20. The highest BCUT2D eigenvalue weighted by molar-refractivity contribution is 7.89. The molecule has 0 amide bonds. The first-order valence-corrected chi connectivity index (χ1v) is 4.66. The average Bonchev–Trinajstić information content (AvgIpc) is 2.12. The van der Waals surface area contributed by atoms with Crippen molar-refractivity contribution in [3.63, 3.8) is 0 Å². The lowest BCUT2D eigenvalue weighted by atomic mass is 10.6. The van der Waals surface area contributed by atoms with Crippen molar-refractivity contribution in [3.8, 4) is 0 Å². The molecule has 1 N–H and O–H groups in total. The Morgan fingerprint density at radius 2 is 2.40 bits per heavy atom. The van der Waals surface area contributed by atoms with Gasteiger partial charge in [0.25, 0.3) is 0 Å². The SMILES string of the molecule is CS(=O)(=O)Cc1cn[nH]n1. The summed E-state index contributed by atoms with van der Waals surface area (Å²) >= 11 is 0. The first-order valence-electron chi connectivity index (χ1n) is 2.60. The predicted octanol–water partition coefficient (Wildman–Crippen LogP) is -0.651. The molecule has 0 fully saturated rings. The topological polar surface area (TPSA) is 75.7 Å². The molecular formula is C4H7N3O2S. The number of aromatic amines is 1. The zero-order chi connectivity index (χ0) is 7.61. The smallest absolute Gasteiger partial charge is 0.153 e. The van der Waals surface area contributed by atoms with Crippen LogP contribution in [0.3, 0.4) is 0 Å². The second kappa shape index (κ2) is 2.37. The van der Waals surface area contributed by atoms with Gasteiger partial charge >= 0.3 is 0 Å². The van der Waals surface area contributed by atoms with Gasteiger partial charge in [-0.1, -0.05) is 0 Å². The maximum atomic E-state index is 10.6. The van der Waals surface area contributed by atoms with Crippen LogP contribution in [0.5, 0.6) is 0 Å². The summed E-state index contributed by atoms with van der Waals surface area (Å²) in [7, 11) is -2.97. The Bertz CT molecular complexity index is 288. The largest absolute Gasteiger partial charge is 0.229 e. The molecule has 1 heterocycles. The molecular weight excluding hydrogens is 154 g/mol. The van der Waals surface area contributed by atoms with Gasteiger partial charge in [0.1, 0.15) is 0 Å². The molecule has 5 nitrogen and oxygen atoms in total. The Morgan fingerprint density at radius 3 is 2.80 bits per heavy atom. The van der Waals surface area contributed by atoms with Crippen molar-refractivity contribution >= 4 is 9.84 Å². The predicted molar refractivity (Wildman–Crippen MR) is 34.9 cm³/mol. The standard InChI is InChI=1S/C4H7N3O2S/c1-10(8,9)3-4-2-5-7-6-4/h2H,3H2,1H3,(H,5,6,7). The fourth-order valence-corrected chi connectivity index (χ4v) is 1.24. The van der Waals surface area contributed by atoms with Crippen LogP contribution >= 0.6 is 0 Å². The van der Waals surface area contributed by atoms with E-state index in [0.29, 0.717) is 5.69 Å². The highest BCUT2D eigenvalue weighted by atomic mass is 32.2. The molecule has 1 aromatic rings. The fourth-order valence-electron chi connectivity index (χ4n) is 0.564. The monoisotopic (exact) mass is 161 g/mol. The van der Waals surface area contributed by atoms with Crippen LogP contribution in [0.4, 0.5) is 0 Å². The Morgan fingerprint density at radius 1 is 1.70 bits per heavy atom. The van der Waals surface area contributed by atoms with Gasteiger partial charge in [-0.2, -0.15) is 15.4 Å². The molecule has 0 atom stereocenters. The summed E-state index contributed by atoms with van der Waals surface area (Å²) < 4.78 is 21.2. The summed E-state index contributed by atoms with van der Waals surface area (Å²) in [5.74, 6) is -0.0521. The third-order valence-corrected chi connectivity index (χ3v) is 1.70. The van der Waals surface area contributed by atoms with Crippen molar-refractivity contribution in [1.82, 2.24) is 15.4 Å². The number of nitrogens with one attached hydrogen (secondary N) is 1. The van der Waals surface area contributed by atoms with Crippen LogP contribution in [-0.2, 0) is 15.6 Å². The number of rotatable bonds is 2. The summed E-state index contributed by atoms with van der Waals surface area (Å²) in [5, 5.41) is 9.38. The van der Waals surface area contributed by atoms with E-state index in [4.69, 9.17) is 0 Å². The third-order valence-electron chi connectivity index (χ3n) is 0.875. The van der Waals surface area contributed by atoms with Crippen molar-refractivity contribution in [3.05, 3.63) is 11.9 Å². The van der Waals surface area contributed by atoms with Crippen molar-refractivity contribution in [2.45, 2.75) is 5.75 Å². The maximum absolute atomic E-state index is 10.6. The van der Waals surface area contributed by atoms with Crippen molar-refractivity contribution in [1.29, 1.82) is 0 Å². The van der Waals surface area contributed by atoms with Crippen LogP contribution in [0.25, 0.3) is 0 Å². The molecule has 0 saturated carbocycles. The molecule has 0 radical (unpaired) electrons. The van der Waals surface area contributed by atoms with Gasteiger partial charge in [0.05, 0.1) is 17.6 Å². The molecule has 0 saturated heterocycles. The normalized spacial score (nSPS) is 11.7. The number of hydrogen-bond donors (Lipinski definition) is 1. The number of nitrogens with zero attached hydrogens (tertiary/aromatic N) is 2. The van der Waals surface area contributed by atoms with Gasteiger partial charge in [-0.3, -0.25) is 0 Å². The highest BCUT2D eigenvalue weighted by Crippen LogP contribution is 1.96. The van der Waals surface area contributed by atoms with Crippen LogP contribution < -0.4 is 0 Å². The quantitative estimate of drug-likeness (QED) is 0.625. The van der Waals surface area contributed by atoms with E-state index in [1.807, 2.05) is 0 Å². The van der Waals surface area contributed by atoms with Crippen LogP contribution in [-0.4, -0.2) is 30.1 Å². The molecule has 0 bridgehead atoms. The summed E-state index contributed by atoms with van der Waals surface area (Å²) in [6.07, 6.45) is 2.54. The van der Waals surface area contributed by atoms with Gasteiger partial charge in [-0.05, 0) is 0 Å². The molecule has 1 rings (SSSR count). The second-order valence-corrected chi connectivity index (χ2v) is 4.17. The van der Waals surface area contributed by atoms with Crippen molar-refractivity contribution in [2.24, 2.45) is 0 Å². The lowest BCUT2D eigenvalue weighted by molar-refractivity contribution is 0.600. The number of hydrogen-bond acceptors (Lipinski definition) is 4. The molecule has 10 heavy (non-hydrogen) atoms. The van der Waals surface area contributed by atoms with Gasteiger partial charge in [-0.25, -0.2) is 8.42 Å².